The third kappa shape index (κ3) is 4.55. The van der Waals surface area contributed by atoms with Gasteiger partial charge in [-0.3, -0.25) is 9.59 Å². The smallest absolute Gasteiger partial charge is 0.256 e. The summed E-state index contributed by atoms with van der Waals surface area (Å²) in [5.41, 5.74) is 3.40. The third-order valence-electron chi connectivity index (χ3n) is 9.35. The normalized spacial score (nSPS) is 17.6. The van der Waals surface area contributed by atoms with Crippen molar-refractivity contribution in [3.05, 3.63) is 95.2 Å². The Morgan fingerprint density at radius 3 is 2.39 bits per heavy atom. The number of carbonyl (C=O) groups excluding carboxylic acids is 2. The molecule has 8 nitrogen and oxygen atoms in total. The summed E-state index contributed by atoms with van der Waals surface area (Å²) < 4.78 is 35.4. The zero-order valence-electron chi connectivity index (χ0n) is 24.7. The minimum Gasteiger partial charge on any atom is -0.497 e. The lowest BCUT2D eigenvalue weighted by Crippen LogP contribution is -2.47. The summed E-state index contributed by atoms with van der Waals surface area (Å²) in [5.74, 6) is -0.848. The fourth-order valence-electron chi connectivity index (χ4n) is 6.70. The molecule has 2 amide bonds. The van der Waals surface area contributed by atoms with E-state index in [4.69, 9.17) is 4.74 Å². The SMILES string of the molecule is COc1ccc(CN2C(=O)C3(CCC3)c3cc(-c4ccnn4-c4ccc(F)cc4F)cc(C(=O)N4CCN(C)CC4)c32)cc1. The van der Waals surface area contributed by atoms with E-state index in [9.17, 15) is 18.4 Å². The first kappa shape index (κ1) is 28.2. The predicted molar refractivity (Wildman–Crippen MR) is 162 cm³/mol. The molecule has 226 valence electrons. The molecule has 1 aliphatic carbocycles. The van der Waals surface area contributed by atoms with Crippen molar-refractivity contribution in [2.45, 2.75) is 31.2 Å². The number of ether oxygens (including phenoxy) is 1. The minimum absolute atomic E-state index is 0.00256. The molecular weight excluding hydrogens is 564 g/mol. The first-order chi connectivity index (χ1) is 21.3. The van der Waals surface area contributed by atoms with Gasteiger partial charge in [-0.25, -0.2) is 13.5 Å². The molecule has 2 aliphatic heterocycles. The molecule has 2 fully saturated rings. The van der Waals surface area contributed by atoms with Crippen molar-refractivity contribution in [1.29, 1.82) is 0 Å². The summed E-state index contributed by atoms with van der Waals surface area (Å²) in [4.78, 5) is 34.5. The van der Waals surface area contributed by atoms with Gasteiger partial charge in [0.2, 0.25) is 5.91 Å². The molecule has 4 aromatic rings. The second-order valence-electron chi connectivity index (χ2n) is 11.9. The van der Waals surface area contributed by atoms with Gasteiger partial charge in [0.05, 0.1) is 42.2 Å². The number of amides is 2. The van der Waals surface area contributed by atoms with Crippen molar-refractivity contribution >= 4 is 17.5 Å². The Morgan fingerprint density at radius 2 is 1.73 bits per heavy atom. The number of rotatable bonds is 6. The Hall–Kier alpha value is -4.57. The number of hydrogen-bond acceptors (Lipinski definition) is 5. The van der Waals surface area contributed by atoms with Crippen molar-refractivity contribution in [2.75, 3.05) is 45.2 Å². The van der Waals surface area contributed by atoms with E-state index in [-0.39, 0.29) is 17.5 Å². The van der Waals surface area contributed by atoms with Crippen LogP contribution in [0.4, 0.5) is 14.5 Å². The van der Waals surface area contributed by atoms with Gasteiger partial charge in [-0.05, 0) is 73.5 Å². The maximum atomic E-state index is 14.9. The van der Waals surface area contributed by atoms with E-state index in [1.165, 1.54) is 16.8 Å². The highest BCUT2D eigenvalue weighted by atomic mass is 19.1. The maximum Gasteiger partial charge on any atom is 0.256 e. The zero-order chi connectivity index (χ0) is 30.6. The summed E-state index contributed by atoms with van der Waals surface area (Å²) in [5, 5.41) is 4.36. The first-order valence-corrected chi connectivity index (χ1v) is 14.9. The van der Waals surface area contributed by atoms with Crippen molar-refractivity contribution in [3.63, 3.8) is 0 Å². The lowest BCUT2D eigenvalue weighted by molar-refractivity contribution is -0.126. The van der Waals surface area contributed by atoms with Gasteiger partial charge in [-0.1, -0.05) is 18.6 Å². The summed E-state index contributed by atoms with van der Waals surface area (Å²) in [6.45, 7) is 2.97. The number of carbonyl (C=O) groups is 2. The minimum atomic E-state index is -0.749. The van der Waals surface area contributed by atoms with Gasteiger partial charge in [0.25, 0.3) is 5.91 Å². The quantitative estimate of drug-likeness (QED) is 0.306. The second kappa shape index (κ2) is 10.9. The molecule has 1 saturated carbocycles. The molecule has 1 aromatic heterocycles. The summed E-state index contributed by atoms with van der Waals surface area (Å²) in [6.07, 6.45) is 3.84. The largest absolute Gasteiger partial charge is 0.497 e. The third-order valence-corrected chi connectivity index (χ3v) is 9.35. The molecule has 3 aromatic carbocycles. The number of piperazine rings is 1. The summed E-state index contributed by atoms with van der Waals surface area (Å²) in [7, 11) is 3.64. The van der Waals surface area contributed by atoms with E-state index in [1.54, 1.807) is 30.3 Å². The Labute approximate surface area is 254 Å². The highest BCUT2D eigenvalue weighted by Gasteiger charge is 2.55. The standard InChI is InChI=1S/C34H33F2N5O3/c1-38-14-16-39(17-15-38)32(42)26-18-23(29-10-13-37-41(29)30-9-6-24(35)20-28(30)36)19-27-31(26)40(33(43)34(27)11-3-12-34)21-22-4-7-25(44-2)8-5-22/h4-10,13,18-20H,3,11-12,14-17,21H2,1-2H3. The Bertz CT molecular complexity index is 1760. The second-order valence-corrected chi connectivity index (χ2v) is 11.9. The van der Waals surface area contributed by atoms with Crippen LogP contribution >= 0.6 is 0 Å². The summed E-state index contributed by atoms with van der Waals surface area (Å²) in [6, 6.07) is 16.5. The predicted octanol–water partition coefficient (Wildman–Crippen LogP) is 5.18. The molecule has 7 rings (SSSR count). The molecule has 0 N–H and O–H groups in total. The van der Waals surface area contributed by atoms with Gasteiger partial charge in [-0.15, -0.1) is 0 Å². The number of methoxy groups -OCH3 is 1. The molecular formula is C34H33F2N5O3. The van der Waals surface area contributed by atoms with Crippen LogP contribution in [0.1, 0.15) is 40.7 Å². The topological polar surface area (TPSA) is 70.9 Å². The van der Waals surface area contributed by atoms with Crippen LogP contribution in [0, 0.1) is 11.6 Å². The van der Waals surface area contributed by atoms with E-state index in [0.29, 0.717) is 55.0 Å². The summed E-state index contributed by atoms with van der Waals surface area (Å²) >= 11 is 0. The van der Waals surface area contributed by atoms with Crippen LogP contribution in [0.15, 0.2) is 66.9 Å². The fourth-order valence-corrected chi connectivity index (χ4v) is 6.70. The molecule has 3 heterocycles. The van der Waals surface area contributed by atoms with Crippen molar-refractivity contribution in [1.82, 2.24) is 19.6 Å². The molecule has 1 saturated heterocycles. The molecule has 10 heteroatoms. The molecule has 3 aliphatic rings. The van der Waals surface area contributed by atoms with Gasteiger partial charge in [0.15, 0.2) is 5.82 Å². The van der Waals surface area contributed by atoms with E-state index >= 15 is 0 Å². The number of halogens is 2. The molecule has 44 heavy (non-hydrogen) atoms. The Balaban J connectivity index is 1.39. The van der Waals surface area contributed by atoms with Gasteiger partial charge >= 0.3 is 0 Å². The van der Waals surface area contributed by atoms with E-state index < -0.39 is 17.0 Å². The lowest BCUT2D eigenvalue weighted by Gasteiger charge is -2.37. The molecule has 0 radical (unpaired) electrons. The molecule has 0 bridgehead atoms. The molecule has 0 atom stereocenters. The lowest BCUT2D eigenvalue weighted by atomic mass is 9.64. The number of likely N-dealkylation sites (N-methyl/N-ethyl adjacent to an activating group) is 1. The average Bonchev–Trinajstić information content (AvgIpc) is 3.58. The molecule has 0 unspecified atom stereocenters. The number of benzene rings is 3. The highest BCUT2D eigenvalue weighted by Crippen LogP contribution is 2.56. The Morgan fingerprint density at radius 1 is 0.977 bits per heavy atom. The molecule has 1 spiro atoms. The van der Waals surface area contributed by atoms with Crippen LogP contribution < -0.4 is 9.64 Å². The highest BCUT2D eigenvalue weighted by molar-refractivity contribution is 6.15. The van der Waals surface area contributed by atoms with Crippen LogP contribution in [0.5, 0.6) is 5.75 Å². The Kier molecular flexibility index (Phi) is 6.96. The number of aromatic nitrogens is 2. The van der Waals surface area contributed by atoms with Crippen molar-refractivity contribution < 1.29 is 23.1 Å². The fraction of sp³-hybridized carbons (Fsp3) is 0.324. The number of nitrogens with zero attached hydrogens (tertiary/aromatic N) is 5. The first-order valence-electron chi connectivity index (χ1n) is 14.9. The van der Waals surface area contributed by atoms with Gasteiger partial charge in [0.1, 0.15) is 17.3 Å². The maximum absolute atomic E-state index is 14.9. The van der Waals surface area contributed by atoms with Gasteiger partial charge < -0.3 is 19.4 Å². The van der Waals surface area contributed by atoms with Crippen LogP contribution in [0.25, 0.3) is 16.9 Å². The van der Waals surface area contributed by atoms with Crippen LogP contribution in [-0.2, 0) is 16.8 Å². The van der Waals surface area contributed by atoms with Crippen LogP contribution in [0.2, 0.25) is 0 Å². The number of anilines is 1. The van der Waals surface area contributed by atoms with Crippen LogP contribution in [0.3, 0.4) is 0 Å². The van der Waals surface area contributed by atoms with Crippen molar-refractivity contribution in [3.8, 4) is 22.7 Å². The van der Waals surface area contributed by atoms with Crippen LogP contribution in [-0.4, -0.2) is 71.7 Å². The average molecular weight is 598 g/mol. The zero-order valence-corrected chi connectivity index (χ0v) is 24.7. The van der Waals surface area contributed by atoms with E-state index in [0.717, 1.165) is 42.5 Å². The van der Waals surface area contributed by atoms with Gasteiger partial charge in [-0.2, -0.15) is 5.10 Å². The van der Waals surface area contributed by atoms with E-state index in [2.05, 4.69) is 10.00 Å². The number of fused-ring (bicyclic) bond motifs is 2. The van der Waals surface area contributed by atoms with Gasteiger partial charge in [0, 0.05) is 37.8 Å². The van der Waals surface area contributed by atoms with E-state index in [1.807, 2.05) is 42.3 Å². The monoisotopic (exact) mass is 597 g/mol. The van der Waals surface area contributed by atoms with Crippen molar-refractivity contribution in [2.24, 2.45) is 0 Å². The number of hydrogen-bond donors (Lipinski definition) is 0.